The lowest BCUT2D eigenvalue weighted by Crippen LogP contribution is -2.55. The van der Waals surface area contributed by atoms with Crippen LogP contribution in [0.2, 0.25) is 0 Å². The van der Waals surface area contributed by atoms with Gasteiger partial charge in [-0.25, -0.2) is 24.6 Å². The van der Waals surface area contributed by atoms with Crippen LogP contribution in [0.1, 0.15) is 36.2 Å². The summed E-state index contributed by atoms with van der Waals surface area (Å²) in [5, 5.41) is 31.4. The van der Waals surface area contributed by atoms with E-state index in [0.29, 0.717) is 31.7 Å². The molecule has 1 aromatic heterocycles. The molecular weight excluding hydrogens is 512 g/mol. The summed E-state index contributed by atoms with van der Waals surface area (Å²) in [5.74, 6) is 3.96. The van der Waals surface area contributed by atoms with Gasteiger partial charge in [-0.3, -0.25) is 15.0 Å². The zero-order valence-corrected chi connectivity index (χ0v) is 21.3. The Bertz CT molecular complexity index is 1280. The number of primary amides is 1. The number of aromatic nitrogens is 2. The minimum absolute atomic E-state index is 0.0766. The second-order valence-corrected chi connectivity index (χ2v) is 8.90. The maximum atomic E-state index is 14.5. The molecule has 1 aliphatic heterocycles. The van der Waals surface area contributed by atoms with Crippen LogP contribution < -0.4 is 27.5 Å². The molecule has 0 radical (unpaired) electrons. The zero-order valence-electron chi connectivity index (χ0n) is 21.3. The summed E-state index contributed by atoms with van der Waals surface area (Å²) in [5.41, 5.74) is 11.8. The molecule has 3 rings (SSSR count). The van der Waals surface area contributed by atoms with Crippen molar-refractivity contribution in [2.45, 2.75) is 25.7 Å². The Labute approximate surface area is 224 Å². The predicted molar refractivity (Wildman–Crippen MR) is 139 cm³/mol. The van der Waals surface area contributed by atoms with Crippen LogP contribution in [0.25, 0.3) is 5.70 Å². The summed E-state index contributed by atoms with van der Waals surface area (Å²) < 4.78 is 28.5. The van der Waals surface area contributed by atoms with Crippen molar-refractivity contribution in [3.8, 4) is 6.07 Å². The number of carbonyl (C=O) groups excluding carboxylic acids is 1. The van der Waals surface area contributed by atoms with E-state index in [1.807, 2.05) is 6.07 Å². The zero-order chi connectivity index (χ0) is 28.7. The number of nitrogens with one attached hydrogen (secondary N) is 2. The second kappa shape index (κ2) is 13.0. The summed E-state index contributed by atoms with van der Waals surface area (Å²) in [6, 6.07) is 5.18. The highest BCUT2D eigenvalue weighted by molar-refractivity contribution is 5.76. The molecule has 1 aliphatic rings. The highest BCUT2D eigenvalue weighted by Gasteiger charge is 2.27. The third-order valence-electron chi connectivity index (χ3n) is 6.23. The van der Waals surface area contributed by atoms with E-state index in [0.717, 1.165) is 23.5 Å². The van der Waals surface area contributed by atoms with E-state index in [2.05, 4.69) is 15.3 Å². The second-order valence-electron chi connectivity index (χ2n) is 8.90. The van der Waals surface area contributed by atoms with Crippen molar-refractivity contribution in [2.75, 3.05) is 37.6 Å². The maximum absolute atomic E-state index is 14.5. The van der Waals surface area contributed by atoms with Gasteiger partial charge >= 0.3 is 0 Å². The number of allylic oxidation sites excluding steroid dienone is 1. The molecule has 0 spiro atoms. The fraction of sp³-hybridized carbons (Fsp3) is 0.375. The number of anilines is 1. The van der Waals surface area contributed by atoms with E-state index in [1.165, 1.54) is 19.1 Å². The van der Waals surface area contributed by atoms with E-state index >= 15 is 0 Å². The van der Waals surface area contributed by atoms with Crippen molar-refractivity contribution >= 4 is 23.8 Å². The number of hydrazine groups is 1. The summed E-state index contributed by atoms with van der Waals surface area (Å²) in [7, 11) is 0. The SMILES string of the molecule is C/C(=C(/N)c1nc(N2CCN(C(O)N[C@@H](CC=N)c3cc(F)cc(C#N)c3)CC2)ncc1F)N(N)CC(N)=O. The summed E-state index contributed by atoms with van der Waals surface area (Å²) in [4.78, 5) is 23.0. The van der Waals surface area contributed by atoms with Crippen molar-refractivity contribution in [1.82, 2.24) is 25.2 Å². The van der Waals surface area contributed by atoms with Gasteiger partial charge in [0.1, 0.15) is 18.1 Å². The Morgan fingerprint density at radius 2 is 2.00 bits per heavy atom. The molecule has 1 aromatic carbocycles. The van der Waals surface area contributed by atoms with Crippen molar-refractivity contribution in [3.05, 3.63) is 58.5 Å². The molecule has 2 heterocycles. The van der Waals surface area contributed by atoms with Crippen LogP contribution in [0, 0.1) is 28.4 Å². The van der Waals surface area contributed by atoms with Gasteiger partial charge in [0.05, 0.1) is 29.2 Å². The standard InChI is InChI=1S/C24H31F2N11O2/c1-14(37(31)13-20(29)38)21(30)22-18(26)12-32-23(34-22)35-4-6-36(7-5-35)24(39)33-19(2-3-27)16-8-15(11-28)9-17(25)10-16/h3,8-10,12,19,24,27,33,39H,2,4-7,13,30-31H2,1H3,(H2,29,38)/b21-14-,27-3?/t19-,24?/m0/s1. The molecule has 0 bridgehead atoms. The number of benzene rings is 1. The Hall–Kier alpha value is -4.23. The highest BCUT2D eigenvalue weighted by Crippen LogP contribution is 2.22. The third kappa shape index (κ3) is 7.42. The Balaban J connectivity index is 1.69. The molecule has 2 aromatic rings. The van der Waals surface area contributed by atoms with Crippen LogP contribution in [0.5, 0.6) is 0 Å². The number of nitriles is 1. The number of hydrogen-bond donors (Lipinski definition) is 6. The van der Waals surface area contributed by atoms with E-state index in [4.69, 9.17) is 28.0 Å². The first-order valence-electron chi connectivity index (χ1n) is 12.0. The number of hydrogen-bond acceptors (Lipinski definition) is 12. The largest absolute Gasteiger partial charge is 0.395 e. The number of rotatable bonds is 11. The average Bonchev–Trinajstić information content (AvgIpc) is 2.91. The number of carbonyl (C=O) groups is 1. The number of nitrogens with zero attached hydrogens (tertiary/aromatic N) is 6. The van der Waals surface area contributed by atoms with Gasteiger partial charge in [0.2, 0.25) is 11.9 Å². The molecule has 1 amide bonds. The van der Waals surface area contributed by atoms with Crippen molar-refractivity contribution in [3.63, 3.8) is 0 Å². The monoisotopic (exact) mass is 543 g/mol. The normalized spacial score (nSPS) is 16.2. The molecule has 9 N–H and O–H groups in total. The van der Waals surface area contributed by atoms with Crippen LogP contribution >= 0.6 is 0 Å². The number of aliphatic hydroxyl groups excluding tert-OH is 1. The van der Waals surface area contributed by atoms with Crippen LogP contribution in [0.15, 0.2) is 30.1 Å². The molecule has 2 atom stereocenters. The molecular formula is C24H31F2N11O2. The number of halogens is 2. The molecule has 1 saturated heterocycles. The van der Waals surface area contributed by atoms with Crippen LogP contribution in [0.3, 0.4) is 0 Å². The van der Waals surface area contributed by atoms with Gasteiger partial charge in [-0.1, -0.05) is 0 Å². The predicted octanol–water partition coefficient (Wildman–Crippen LogP) is -0.297. The molecule has 0 saturated carbocycles. The van der Waals surface area contributed by atoms with Crippen molar-refractivity contribution < 1.29 is 18.7 Å². The van der Waals surface area contributed by atoms with Crippen LogP contribution in [0.4, 0.5) is 14.7 Å². The summed E-state index contributed by atoms with van der Waals surface area (Å²) >= 11 is 0. The van der Waals surface area contributed by atoms with E-state index in [9.17, 15) is 18.7 Å². The van der Waals surface area contributed by atoms with Crippen LogP contribution in [-0.4, -0.2) is 76.2 Å². The number of nitrogens with two attached hydrogens (primary N) is 3. The van der Waals surface area contributed by atoms with E-state index < -0.39 is 29.9 Å². The van der Waals surface area contributed by atoms with Gasteiger partial charge in [0.15, 0.2) is 12.2 Å². The van der Waals surface area contributed by atoms with Gasteiger partial charge < -0.3 is 31.9 Å². The van der Waals surface area contributed by atoms with Crippen molar-refractivity contribution in [2.24, 2.45) is 17.3 Å². The molecule has 0 aliphatic carbocycles. The van der Waals surface area contributed by atoms with Gasteiger partial charge in [0.25, 0.3) is 0 Å². The van der Waals surface area contributed by atoms with Crippen LogP contribution in [-0.2, 0) is 4.79 Å². The lowest BCUT2D eigenvalue weighted by molar-refractivity contribution is -0.118. The Morgan fingerprint density at radius 3 is 2.62 bits per heavy atom. The summed E-state index contributed by atoms with van der Waals surface area (Å²) in [6.45, 7) is 2.68. The number of amides is 1. The minimum Gasteiger partial charge on any atom is -0.395 e. The number of aliphatic hydroxyl groups is 1. The highest BCUT2D eigenvalue weighted by atomic mass is 19.1. The molecule has 15 heteroatoms. The topological polar surface area (TPSA) is 211 Å². The number of piperazine rings is 1. The first-order chi connectivity index (χ1) is 18.5. The molecule has 13 nitrogen and oxygen atoms in total. The average molecular weight is 544 g/mol. The third-order valence-corrected chi connectivity index (χ3v) is 6.23. The molecule has 1 unspecified atom stereocenters. The van der Waals surface area contributed by atoms with E-state index in [-0.39, 0.29) is 41.6 Å². The lowest BCUT2D eigenvalue weighted by Gasteiger charge is -2.38. The quantitative estimate of drug-likeness (QED) is 0.0937. The molecule has 39 heavy (non-hydrogen) atoms. The minimum atomic E-state index is -1.13. The Kier molecular flexibility index (Phi) is 9.79. The van der Waals surface area contributed by atoms with Gasteiger partial charge in [-0.15, -0.1) is 0 Å². The first kappa shape index (κ1) is 29.3. The van der Waals surface area contributed by atoms with Gasteiger partial charge in [-0.05, 0) is 36.9 Å². The fourth-order valence-electron chi connectivity index (χ4n) is 4.06. The fourth-order valence-corrected chi connectivity index (χ4v) is 4.06. The molecule has 208 valence electrons. The smallest absolute Gasteiger partial charge is 0.238 e. The Morgan fingerprint density at radius 1 is 1.31 bits per heavy atom. The van der Waals surface area contributed by atoms with Gasteiger partial charge in [0, 0.05) is 38.6 Å². The first-order valence-corrected chi connectivity index (χ1v) is 12.0. The van der Waals surface area contributed by atoms with E-state index in [1.54, 1.807) is 9.80 Å². The van der Waals surface area contributed by atoms with Crippen molar-refractivity contribution in [1.29, 1.82) is 10.7 Å². The molecule has 1 fully saturated rings. The maximum Gasteiger partial charge on any atom is 0.238 e. The van der Waals surface area contributed by atoms with Gasteiger partial charge in [-0.2, -0.15) is 5.26 Å². The summed E-state index contributed by atoms with van der Waals surface area (Å²) in [6.07, 6.45) is 1.18. The lowest BCUT2D eigenvalue weighted by atomic mass is 10.0.